The van der Waals surface area contributed by atoms with E-state index >= 15 is 0 Å². The number of hydrogen-bond acceptors (Lipinski definition) is 8. The Balaban J connectivity index is 1.64. The highest BCUT2D eigenvalue weighted by atomic mass is 35.5. The summed E-state index contributed by atoms with van der Waals surface area (Å²) in [6.07, 6.45) is 6.75. The Kier molecular flexibility index (Phi) is 4.77. The van der Waals surface area contributed by atoms with Crippen molar-refractivity contribution in [2.45, 2.75) is 75.8 Å². The van der Waals surface area contributed by atoms with Gasteiger partial charge in [-0.25, -0.2) is 14.4 Å². The summed E-state index contributed by atoms with van der Waals surface area (Å²) in [6, 6.07) is 0. The standard InChI is InChI=1S/C19H21ClO8/c20-13(11-14(21)25-18(26-15(11)22)7-3-1-4-8-18)12-16(23)27-19(28-17(12)24)9-5-2-6-10-19/h21H,1-10H2. The molecule has 1 N–H and O–H groups in total. The molecule has 0 aromatic carbocycles. The van der Waals surface area contributed by atoms with Gasteiger partial charge in [0.1, 0.15) is 0 Å². The number of carbonyl (C=O) groups excluding carboxylic acids is 3. The number of esters is 3. The maximum Gasteiger partial charge on any atom is 0.350 e. The number of aliphatic hydroxyl groups excluding tert-OH is 1. The van der Waals surface area contributed by atoms with Crippen LogP contribution >= 0.6 is 11.6 Å². The van der Waals surface area contributed by atoms with Gasteiger partial charge in [0, 0.05) is 25.7 Å². The highest BCUT2D eigenvalue weighted by Crippen LogP contribution is 2.42. The average molecular weight is 413 g/mol. The Morgan fingerprint density at radius 1 is 0.714 bits per heavy atom. The van der Waals surface area contributed by atoms with E-state index in [0.717, 1.165) is 38.5 Å². The molecule has 8 nitrogen and oxygen atoms in total. The van der Waals surface area contributed by atoms with Gasteiger partial charge in [0.05, 0.1) is 5.03 Å². The lowest BCUT2D eigenvalue weighted by Crippen LogP contribution is -2.48. The van der Waals surface area contributed by atoms with Crippen LogP contribution in [0.3, 0.4) is 0 Å². The fraction of sp³-hybridized carbons (Fsp3) is 0.632. The minimum atomic E-state index is -1.28. The summed E-state index contributed by atoms with van der Waals surface area (Å²) in [6.45, 7) is 0. The second-order valence-corrected chi connectivity index (χ2v) is 7.96. The van der Waals surface area contributed by atoms with Crippen molar-refractivity contribution >= 4 is 29.5 Å². The number of hydrogen-bond donors (Lipinski definition) is 1. The van der Waals surface area contributed by atoms with Crippen LogP contribution in [0, 0.1) is 0 Å². The topological polar surface area (TPSA) is 108 Å². The molecular weight excluding hydrogens is 392 g/mol. The average Bonchev–Trinajstić information content (AvgIpc) is 2.61. The summed E-state index contributed by atoms with van der Waals surface area (Å²) in [4.78, 5) is 37.5. The van der Waals surface area contributed by atoms with Crippen molar-refractivity contribution in [1.29, 1.82) is 0 Å². The van der Waals surface area contributed by atoms with E-state index in [4.69, 9.17) is 30.5 Å². The molecule has 2 aliphatic carbocycles. The molecule has 3 fully saturated rings. The Hall–Kier alpha value is -2.22. The zero-order chi connectivity index (χ0) is 19.9. The molecule has 4 aliphatic rings. The monoisotopic (exact) mass is 412 g/mol. The van der Waals surface area contributed by atoms with Gasteiger partial charge in [0.15, 0.2) is 11.1 Å². The summed E-state index contributed by atoms with van der Waals surface area (Å²) in [5.74, 6) is -6.22. The quantitative estimate of drug-likeness (QED) is 0.397. The van der Waals surface area contributed by atoms with E-state index in [1.54, 1.807) is 0 Å². The van der Waals surface area contributed by atoms with Crippen molar-refractivity contribution < 1.29 is 38.4 Å². The summed E-state index contributed by atoms with van der Waals surface area (Å²) < 4.78 is 21.6. The predicted octanol–water partition coefficient (Wildman–Crippen LogP) is 3.24. The predicted molar refractivity (Wildman–Crippen MR) is 93.5 cm³/mol. The van der Waals surface area contributed by atoms with Crippen LogP contribution in [0.4, 0.5) is 0 Å². The van der Waals surface area contributed by atoms with E-state index in [1.165, 1.54) is 0 Å². The summed E-state index contributed by atoms with van der Waals surface area (Å²) in [5.41, 5.74) is -1.24. The third kappa shape index (κ3) is 3.23. The summed E-state index contributed by atoms with van der Waals surface area (Å²) >= 11 is 6.15. The molecule has 0 bridgehead atoms. The van der Waals surface area contributed by atoms with Gasteiger partial charge in [-0.1, -0.05) is 24.4 Å². The fourth-order valence-corrected chi connectivity index (χ4v) is 4.49. The van der Waals surface area contributed by atoms with Gasteiger partial charge in [-0.3, -0.25) is 0 Å². The van der Waals surface area contributed by atoms with Crippen LogP contribution in [-0.2, 0) is 33.3 Å². The molecule has 9 heteroatoms. The highest BCUT2D eigenvalue weighted by Gasteiger charge is 2.50. The number of ether oxygens (including phenoxy) is 4. The second-order valence-electron chi connectivity index (χ2n) is 7.58. The molecule has 0 amide bonds. The number of rotatable bonds is 1. The lowest BCUT2D eigenvalue weighted by molar-refractivity contribution is -0.249. The van der Waals surface area contributed by atoms with Gasteiger partial charge in [-0.05, 0) is 25.7 Å². The molecule has 0 unspecified atom stereocenters. The Morgan fingerprint density at radius 3 is 1.61 bits per heavy atom. The van der Waals surface area contributed by atoms with Crippen LogP contribution in [-0.4, -0.2) is 34.6 Å². The van der Waals surface area contributed by atoms with E-state index in [2.05, 4.69) is 0 Å². The minimum Gasteiger partial charge on any atom is -0.480 e. The molecule has 28 heavy (non-hydrogen) atoms. The van der Waals surface area contributed by atoms with Gasteiger partial charge in [-0.2, -0.15) is 0 Å². The lowest BCUT2D eigenvalue weighted by atomic mass is 9.92. The summed E-state index contributed by atoms with van der Waals surface area (Å²) in [5, 5.41) is 9.70. The molecule has 1 saturated heterocycles. The molecule has 0 aromatic heterocycles. The zero-order valence-corrected chi connectivity index (χ0v) is 16.0. The van der Waals surface area contributed by atoms with Crippen molar-refractivity contribution in [3.8, 4) is 0 Å². The van der Waals surface area contributed by atoms with Crippen LogP contribution in [0.5, 0.6) is 0 Å². The number of carbonyl (C=O) groups is 3. The molecule has 2 saturated carbocycles. The Labute approximate surface area is 166 Å². The molecule has 152 valence electrons. The molecule has 0 aromatic rings. The van der Waals surface area contributed by atoms with Crippen LogP contribution in [0.15, 0.2) is 22.1 Å². The van der Waals surface area contributed by atoms with E-state index in [0.29, 0.717) is 25.7 Å². The maximum atomic E-state index is 12.5. The molecule has 4 rings (SSSR count). The van der Waals surface area contributed by atoms with Crippen LogP contribution in [0.2, 0.25) is 0 Å². The molecule has 0 atom stereocenters. The van der Waals surface area contributed by atoms with Gasteiger partial charge in [0.2, 0.25) is 0 Å². The maximum absolute atomic E-state index is 12.5. The van der Waals surface area contributed by atoms with E-state index in [1.807, 2.05) is 0 Å². The summed E-state index contributed by atoms with van der Waals surface area (Å²) in [7, 11) is 0. The lowest BCUT2D eigenvalue weighted by Gasteiger charge is -2.40. The number of aliphatic hydroxyl groups is 1. The van der Waals surface area contributed by atoms with E-state index < -0.39 is 51.6 Å². The van der Waals surface area contributed by atoms with Crippen molar-refractivity contribution in [3.63, 3.8) is 0 Å². The second kappa shape index (κ2) is 6.99. The van der Waals surface area contributed by atoms with Gasteiger partial charge in [0.25, 0.3) is 17.5 Å². The third-order valence-electron chi connectivity index (χ3n) is 5.61. The van der Waals surface area contributed by atoms with Crippen molar-refractivity contribution in [2.75, 3.05) is 0 Å². The molecule has 2 heterocycles. The highest BCUT2D eigenvalue weighted by molar-refractivity contribution is 6.40. The SMILES string of the molecule is O=C1OC2(CCCCC2)OC(O)=C1C(Cl)=C1C(=O)OC2(CCCCC2)OC1=O. The van der Waals surface area contributed by atoms with E-state index in [9.17, 15) is 19.5 Å². The molecule has 0 radical (unpaired) electrons. The normalized spacial score (nSPS) is 26.5. The van der Waals surface area contributed by atoms with E-state index in [-0.39, 0.29) is 0 Å². The zero-order valence-electron chi connectivity index (χ0n) is 15.3. The van der Waals surface area contributed by atoms with Crippen LogP contribution < -0.4 is 0 Å². The van der Waals surface area contributed by atoms with Gasteiger partial charge in [-0.15, -0.1) is 0 Å². The minimum absolute atomic E-state index is 0.414. The molecular formula is C19H21ClO8. The van der Waals surface area contributed by atoms with Crippen LogP contribution in [0.1, 0.15) is 64.2 Å². The first-order valence-corrected chi connectivity index (χ1v) is 9.95. The molecule has 2 spiro atoms. The molecule has 2 aliphatic heterocycles. The van der Waals surface area contributed by atoms with Gasteiger partial charge < -0.3 is 24.1 Å². The fourth-order valence-electron chi connectivity index (χ4n) is 4.18. The van der Waals surface area contributed by atoms with Gasteiger partial charge >= 0.3 is 17.9 Å². The first kappa shape index (κ1) is 19.1. The largest absolute Gasteiger partial charge is 0.480 e. The van der Waals surface area contributed by atoms with Crippen LogP contribution in [0.25, 0.3) is 0 Å². The Bertz CT molecular complexity index is 762. The third-order valence-corrected chi connectivity index (χ3v) is 5.99. The van der Waals surface area contributed by atoms with Crippen molar-refractivity contribution in [2.24, 2.45) is 0 Å². The Morgan fingerprint density at radius 2 is 1.14 bits per heavy atom. The van der Waals surface area contributed by atoms with Crippen molar-refractivity contribution in [3.05, 3.63) is 22.1 Å². The number of halogens is 1. The van der Waals surface area contributed by atoms with Crippen molar-refractivity contribution in [1.82, 2.24) is 0 Å². The first-order chi connectivity index (χ1) is 13.3. The first-order valence-electron chi connectivity index (χ1n) is 9.57. The smallest absolute Gasteiger partial charge is 0.350 e.